The van der Waals surface area contributed by atoms with E-state index < -0.39 is 23.0 Å². The van der Waals surface area contributed by atoms with Crippen molar-refractivity contribution in [2.45, 2.75) is 38.0 Å². The number of hydrogen-bond donors (Lipinski definition) is 0. The minimum Gasteiger partial charge on any atom is -0.455 e. The second kappa shape index (κ2) is 9.91. The van der Waals surface area contributed by atoms with Crippen LogP contribution in [0, 0.1) is 11.6 Å². The number of carbonyl (C=O) groups is 3. The Labute approximate surface area is 197 Å². The van der Waals surface area contributed by atoms with Crippen molar-refractivity contribution in [2.24, 2.45) is 0 Å². The summed E-state index contributed by atoms with van der Waals surface area (Å²) in [5.74, 6) is -1.88. The normalized spacial score (nSPS) is 17.5. The molecule has 1 saturated heterocycles. The number of nitrogens with zero attached hydrogens (tertiary/aromatic N) is 2. The molecule has 0 aromatic heterocycles. The summed E-state index contributed by atoms with van der Waals surface area (Å²) in [4.78, 5) is 40.6. The standard InChI is InChI=1S/C26H28F2N2O4/c1-18(31)19-7-8-23(22(28)15-19)29-11-13-30(14-12-29)24(32)17-34-25(33)26(9-2-3-10-26)20-5-4-6-21(27)16-20/h4-8,15-16H,2-3,9-14,17H2,1H3. The first-order chi connectivity index (χ1) is 16.3. The van der Waals surface area contributed by atoms with Crippen LogP contribution in [0.3, 0.4) is 0 Å². The highest BCUT2D eigenvalue weighted by molar-refractivity contribution is 5.94. The Morgan fingerprint density at radius 2 is 1.68 bits per heavy atom. The number of carbonyl (C=O) groups excluding carboxylic acids is 3. The SMILES string of the molecule is CC(=O)c1ccc(N2CCN(C(=O)COC(=O)C3(c4cccc(F)c4)CCCC3)CC2)c(F)c1. The molecule has 2 aromatic rings. The molecule has 1 saturated carbocycles. The Morgan fingerprint density at radius 3 is 2.29 bits per heavy atom. The van der Waals surface area contributed by atoms with Gasteiger partial charge >= 0.3 is 5.97 Å². The van der Waals surface area contributed by atoms with Crippen molar-refractivity contribution in [1.29, 1.82) is 0 Å². The number of ketones is 1. The number of rotatable bonds is 6. The zero-order valence-corrected chi connectivity index (χ0v) is 19.2. The van der Waals surface area contributed by atoms with E-state index in [1.165, 1.54) is 25.1 Å². The van der Waals surface area contributed by atoms with Gasteiger partial charge in [0.1, 0.15) is 11.6 Å². The van der Waals surface area contributed by atoms with Gasteiger partial charge in [-0.25, -0.2) is 8.78 Å². The van der Waals surface area contributed by atoms with Crippen LogP contribution in [0.25, 0.3) is 0 Å². The number of benzene rings is 2. The molecule has 0 spiro atoms. The largest absolute Gasteiger partial charge is 0.455 e. The first-order valence-corrected chi connectivity index (χ1v) is 11.6. The summed E-state index contributed by atoms with van der Waals surface area (Å²) < 4.78 is 33.7. The number of ether oxygens (including phenoxy) is 1. The summed E-state index contributed by atoms with van der Waals surface area (Å²) in [6.07, 6.45) is 2.81. The van der Waals surface area contributed by atoms with Gasteiger partial charge in [0, 0.05) is 31.7 Å². The molecule has 0 N–H and O–H groups in total. The van der Waals surface area contributed by atoms with Crippen LogP contribution in [0.5, 0.6) is 0 Å². The number of esters is 1. The molecule has 0 bridgehead atoms. The van der Waals surface area contributed by atoms with Gasteiger partial charge in [-0.1, -0.05) is 25.0 Å². The van der Waals surface area contributed by atoms with Gasteiger partial charge in [0.05, 0.1) is 11.1 Å². The lowest BCUT2D eigenvalue weighted by atomic mass is 9.79. The van der Waals surface area contributed by atoms with Crippen molar-refractivity contribution >= 4 is 23.3 Å². The number of hydrogen-bond acceptors (Lipinski definition) is 5. The molecule has 0 radical (unpaired) electrons. The molecule has 34 heavy (non-hydrogen) atoms. The third kappa shape index (κ3) is 4.81. The highest BCUT2D eigenvalue weighted by Gasteiger charge is 2.44. The molecule has 1 aliphatic carbocycles. The minimum absolute atomic E-state index is 0.202. The van der Waals surface area contributed by atoms with Crippen molar-refractivity contribution in [3.63, 3.8) is 0 Å². The van der Waals surface area contributed by atoms with E-state index in [0.29, 0.717) is 55.8 Å². The number of Topliss-reactive ketones (excluding diaryl/α,β-unsaturated/α-hetero) is 1. The number of halogens is 2. The van der Waals surface area contributed by atoms with E-state index in [4.69, 9.17) is 4.74 Å². The molecule has 2 aliphatic rings. The molecule has 8 heteroatoms. The molecule has 2 fully saturated rings. The number of amides is 1. The average Bonchev–Trinajstić information content (AvgIpc) is 3.34. The van der Waals surface area contributed by atoms with Crippen LogP contribution < -0.4 is 4.90 Å². The fraction of sp³-hybridized carbons (Fsp3) is 0.423. The van der Waals surface area contributed by atoms with Crippen LogP contribution in [0.4, 0.5) is 14.5 Å². The maximum Gasteiger partial charge on any atom is 0.317 e. The highest BCUT2D eigenvalue weighted by Crippen LogP contribution is 2.42. The lowest BCUT2D eigenvalue weighted by molar-refractivity contribution is -0.157. The van der Waals surface area contributed by atoms with E-state index in [2.05, 4.69) is 0 Å². The molecular formula is C26H28F2N2O4. The summed E-state index contributed by atoms with van der Waals surface area (Å²) >= 11 is 0. The Hall–Kier alpha value is -3.29. The molecule has 6 nitrogen and oxygen atoms in total. The number of anilines is 1. The summed E-state index contributed by atoms with van der Waals surface area (Å²) in [5, 5.41) is 0. The van der Waals surface area contributed by atoms with Gasteiger partial charge < -0.3 is 14.5 Å². The van der Waals surface area contributed by atoms with E-state index in [0.717, 1.165) is 12.8 Å². The van der Waals surface area contributed by atoms with Gasteiger partial charge in [0.2, 0.25) is 0 Å². The molecule has 1 aliphatic heterocycles. The van der Waals surface area contributed by atoms with Gasteiger partial charge in [0.15, 0.2) is 12.4 Å². The van der Waals surface area contributed by atoms with Crippen molar-refractivity contribution in [3.8, 4) is 0 Å². The molecular weight excluding hydrogens is 442 g/mol. The van der Waals surface area contributed by atoms with Crippen molar-refractivity contribution < 1.29 is 27.9 Å². The van der Waals surface area contributed by atoms with Crippen LogP contribution in [-0.4, -0.2) is 55.3 Å². The van der Waals surface area contributed by atoms with Crippen molar-refractivity contribution in [3.05, 3.63) is 65.2 Å². The van der Waals surface area contributed by atoms with Crippen LogP contribution in [-0.2, 0) is 19.7 Å². The predicted octanol–water partition coefficient (Wildman–Crippen LogP) is 3.87. The molecule has 180 valence electrons. The predicted molar refractivity (Wildman–Crippen MR) is 123 cm³/mol. The fourth-order valence-electron chi connectivity index (χ4n) is 4.91. The molecule has 0 unspecified atom stereocenters. The smallest absolute Gasteiger partial charge is 0.317 e. The van der Waals surface area contributed by atoms with Gasteiger partial charge in [-0.3, -0.25) is 14.4 Å². The molecule has 4 rings (SSSR count). The van der Waals surface area contributed by atoms with Gasteiger partial charge in [-0.2, -0.15) is 0 Å². The first-order valence-electron chi connectivity index (χ1n) is 11.6. The maximum absolute atomic E-state index is 14.5. The van der Waals surface area contributed by atoms with Gasteiger partial charge in [-0.05, 0) is 55.7 Å². The Kier molecular flexibility index (Phi) is 6.95. The molecule has 2 aromatic carbocycles. The zero-order valence-electron chi connectivity index (χ0n) is 19.2. The van der Waals surface area contributed by atoms with Crippen molar-refractivity contribution in [2.75, 3.05) is 37.7 Å². The lowest BCUT2D eigenvalue weighted by Gasteiger charge is -2.36. The van der Waals surface area contributed by atoms with E-state index in [1.54, 1.807) is 29.2 Å². The minimum atomic E-state index is -0.912. The number of piperazine rings is 1. The van der Waals surface area contributed by atoms with Gasteiger partial charge in [0.25, 0.3) is 5.91 Å². The van der Waals surface area contributed by atoms with Crippen molar-refractivity contribution in [1.82, 2.24) is 4.90 Å². The highest BCUT2D eigenvalue weighted by atomic mass is 19.1. The van der Waals surface area contributed by atoms with Crippen LogP contribution in [0.2, 0.25) is 0 Å². The van der Waals surface area contributed by atoms with E-state index in [9.17, 15) is 23.2 Å². The van der Waals surface area contributed by atoms with Gasteiger partial charge in [-0.15, -0.1) is 0 Å². The maximum atomic E-state index is 14.5. The quantitative estimate of drug-likeness (QED) is 0.474. The second-order valence-electron chi connectivity index (χ2n) is 8.97. The summed E-state index contributed by atoms with van der Waals surface area (Å²) in [6.45, 7) is 2.57. The average molecular weight is 471 g/mol. The van der Waals surface area contributed by atoms with Crippen LogP contribution >= 0.6 is 0 Å². The Bertz CT molecular complexity index is 1090. The summed E-state index contributed by atoms with van der Waals surface area (Å²) in [7, 11) is 0. The molecule has 1 amide bonds. The van der Waals surface area contributed by atoms with E-state index >= 15 is 0 Å². The Morgan fingerprint density at radius 1 is 0.971 bits per heavy atom. The van der Waals surface area contributed by atoms with Crippen LogP contribution in [0.1, 0.15) is 48.5 Å². The van der Waals surface area contributed by atoms with Crippen LogP contribution in [0.15, 0.2) is 42.5 Å². The zero-order chi connectivity index (χ0) is 24.3. The Balaban J connectivity index is 1.34. The fourth-order valence-corrected chi connectivity index (χ4v) is 4.91. The topological polar surface area (TPSA) is 66.9 Å². The molecule has 1 heterocycles. The second-order valence-corrected chi connectivity index (χ2v) is 8.97. The van der Waals surface area contributed by atoms with E-state index in [-0.39, 0.29) is 18.3 Å². The third-order valence-corrected chi connectivity index (χ3v) is 6.88. The lowest BCUT2D eigenvalue weighted by Crippen LogP contribution is -2.50. The van der Waals surface area contributed by atoms with E-state index in [1.807, 2.05) is 4.90 Å². The monoisotopic (exact) mass is 470 g/mol. The molecule has 0 atom stereocenters. The first kappa shape index (κ1) is 23.9. The third-order valence-electron chi connectivity index (χ3n) is 6.88. The summed E-state index contributed by atoms with van der Waals surface area (Å²) in [5.41, 5.74) is 0.385. The summed E-state index contributed by atoms with van der Waals surface area (Å²) in [6, 6.07) is 10.4.